The Morgan fingerprint density at radius 1 is 1.07 bits per heavy atom. The van der Waals surface area contributed by atoms with Gasteiger partial charge in [0, 0.05) is 24.7 Å². The summed E-state index contributed by atoms with van der Waals surface area (Å²) < 4.78 is 5.20. The van der Waals surface area contributed by atoms with Gasteiger partial charge in [-0.25, -0.2) is 15.8 Å². The van der Waals surface area contributed by atoms with Crippen molar-refractivity contribution >= 4 is 11.7 Å². The molecule has 0 radical (unpaired) electrons. The van der Waals surface area contributed by atoms with Gasteiger partial charge >= 0.3 is 5.91 Å². The van der Waals surface area contributed by atoms with E-state index in [4.69, 9.17) is 10.6 Å². The zero-order valence-electron chi connectivity index (χ0n) is 14.8. The highest BCUT2D eigenvalue weighted by molar-refractivity contribution is 5.91. The number of hydrazine groups is 1. The van der Waals surface area contributed by atoms with Crippen molar-refractivity contribution in [3.8, 4) is 17.0 Å². The second-order valence-corrected chi connectivity index (χ2v) is 6.26. The Morgan fingerprint density at radius 3 is 2.33 bits per heavy atom. The number of nitrogens with two attached hydrogens (primary N) is 1. The summed E-state index contributed by atoms with van der Waals surface area (Å²) >= 11 is 0. The quantitative estimate of drug-likeness (QED) is 0.421. The topological polar surface area (TPSA) is 93.4 Å². The number of benzene rings is 2. The molecule has 0 aliphatic carbocycles. The first-order valence-electron chi connectivity index (χ1n) is 8.54. The number of hydrogen-bond acceptors (Lipinski definition) is 6. The molecule has 7 heteroatoms. The number of nitrogen functional groups attached to an aromatic ring is 1. The molecule has 1 aliphatic heterocycles. The molecule has 136 valence electrons. The van der Waals surface area contributed by atoms with Crippen molar-refractivity contribution in [2.75, 3.05) is 12.0 Å². The number of anilines is 1. The molecule has 0 atom stereocenters. The van der Waals surface area contributed by atoms with Gasteiger partial charge in [0.05, 0.1) is 12.8 Å². The Balaban J connectivity index is 1.74. The third-order valence-corrected chi connectivity index (χ3v) is 4.60. The van der Waals surface area contributed by atoms with Crippen LogP contribution >= 0.6 is 0 Å². The summed E-state index contributed by atoms with van der Waals surface area (Å²) in [4.78, 5) is 23.0. The normalized spacial score (nSPS) is 12.6. The van der Waals surface area contributed by atoms with Crippen LogP contribution in [0.1, 0.15) is 21.7 Å². The molecule has 0 saturated carbocycles. The van der Waals surface area contributed by atoms with Gasteiger partial charge < -0.3 is 9.64 Å². The van der Waals surface area contributed by atoms with E-state index in [9.17, 15) is 4.79 Å². The summed E-state index contributed by atoms with van der Waals surface area (Å²) in [6.07, 6.45) is 0. The number of fused-ring (bicyclic) bond motifs is 1. The molecule has 1 aromatic heterocycles. The molecule has 27 heavy (non-hydrogen) atoms. The molecular formula is C20H19N5O2. The Morgan fingerprint density at radius 2 is 1.74 bits per heavy atom. The van der Waals surface area contributed by atoms with E-state index in [1.165, 1.54) is 11.1 Å². The fourth-order valence-corrected chi connectivity index (χ4v) is 3.17. The largest absolute Gasteiger partial charge is 0.497 e. The van der Waals surface area contributed by atoms with E-state index in [2.05, 4.69) is 32.4 Å². The minimum atomic E-state index is -0.525. The lowest BCUT2D eigenvalue weighted by Crippen LogP contribution is -2.32. The highest BCUT2D eigenvalue weighted by atomic mass is 16.5. The van der Waals surface area contributed by atoms with E-state index in [0.29, 0.717) is 11.5 Å². The fourth-order valence-electron chi connectivity index (χ4n) is 3.17. The summed E-state index contributed by atoms with van der Waals surface area (Å²) in [5.41, 5.74) is 6.14. The second kappa shape index (κ2) is 7.05. The maximum absolute atomic E-state index is 12.1. The number of nitrogens with one attached hydrogen (secondary N) is 1. The molecular weight excluding hydrogens is 342 g/mol. The van der Waals surface area contributed by atoms with Gasteiger partial charge in [-0.15, -0.1) is 0 Å². The third-order valence-electron chi connectivity index (χ3n) is 4.60. The Bertz CT molecular complexity index is 963. The molecule has 1 aliphatic rings. The molecule has 0 spiro atoms. The van der Waals surface area contributed by atoms with Crippen molar-refractivity contribution < 1.29 is 9.53 Å². The van der Waals surface area contributed by atoms with Gasteiger partial charge in [-0.05, 0) is 35.4 Å². The molecule has 2 heterocycles. The van der Waals surface area contributed by atoms with Crippen LogP contribution in [0, 0.1) is 0 Å². The predicted octanol–water partition coefficient (Wildman–Crippen LogP) is 2.28. The summed E-state index contributed by atoms with van der Waals surface area (Å²) in [5, 5.41) is 0. The first-order chi connectivity index (χ1) is 13.2. The first-order valence-corrected chi connectivity index (χ1v) is 8.54. The van der Waals surface area contributed by atoms with Gasteiger partial charge in [0.2, 0.25) is 5.82 Å². The molecule has 4 rings (SSSR count). The standard InChI is InChI=1S/C20H19N5O2/c1-27-16-8-6-13(7-9-16)17-10-18(23-19(22-17)20(26)24-21)25-11-14-4-2-3-5-15(14)12-25/h2-10H,11-12,21H2,1H3,(H,24,26). The molecule has 0 fully saturated rings. The zero-order valence-corrected chi connectivity index (χ0v) is 14.8. The molecule has 0 saturated heterocycles. The molecule has 0 bridgehead atoms. The Kier molecular flexibility index (Phi) is 4.43. The zero-order chi connectivity index (χ0) is 18.8. The van der Waals surface area contributed by atoms with Crippen LogP contribution in [0.3, 0.4) is 0 Å². The number of carbonyl (C=O) groups is 1. The van der Waals surface area contributed by atoms with Crippen LogP contribution in [0.25, 0.3) is 11.3 Å². The summed E-state index contributed by atoms with van der Waals surface area (Å²) in [6.45, 7) is 1.47. The summed E-state index contributed by atoms with van der Waals surface area (Å²) in [6, 6.07) is 17.7. The second-order valence-electron chi connectivity index (χ2n) is 6.26. The van der Waals surface area contributed by atoms with Crippen molar-refractivity contribution in [3.63, 3.8) is 0 Å². The molecule has 3 N–H and O–H groups in total. The lowest BCUT2D eigenvalue weighted by molar-refractivity contribution is 0.0943. The monoisotopic (exact) mass is 361 g/mol. The van der Waals surface area contributed by atoms with Gasteiger partial charge in [0.15, 0.2) is 0 Å². The number of nitrogens with zero attached hydrogens (tertiary/aromatic N) is 3. The van der Waals surface area contributed by atoms with Crippen LogP contribution in [-0.4, -0.2) is 23.0 Å². The minimum Gasteiger partial charge on any atom is -0.497 e. The van der Waals surface area contributed by atoms with Crippen molar-refractivity contribution in [3.05, 3.63) is 71.5 Å². The van der Waals surface area contributed by atoms with Crippen LogP contribution in [-0.2, 0) is 13.1 Å². The molecule has 0 unspecified atom stereocenters. The fraction of sp³-hybridized carbons (Fsp3) is 0.150. The van der Waals surface area contributed by atoms with E-state index < -0.39 is 5.91 Å². The van der Waals surface area contributed by atoms with Crippen molar-refractivity contribution in [1.82, 2.24) is 15.4 Å². The number of aromatic nitrogens is 2. The van der Waals surface area contributed by atoms with Gasteiger partial charge in [0.25, 0.3) is 0 Å². The number of amides is 1. The minimum absolute atomic E-state index is 0.0387. The maximum Gasteiger partial charge on any atom is 0.303 e. The average Bonchev–Trinajstić information content (AvgIpc) is 3.17. The van der Waals surface area contributed by atoms with Gasteiger partial charge in [-0.2, -0.15) is 0 Å². The van der Waals surface area contributed by atoms with Gasteiger partial charge in [-0.3, -0.25) is 10.2 Å². The molecule has 1 amide bonds. The van der Waals surface area contributed by atoms with Crippen molar-refractivity contribution in [2.24, 2.45) is 5.84 Å². The lowest BCUT2D eigenvalue weighted by Gasteiger charge is -2.18. The Hall–Kier alpha value is -3.45. The maximum atomic E-state index is 12.1. The van der Waals surface area contributed by atoms with E-state index in [1.54, 1.807) is 7.11 Å². The highest BCUT2D eigenvalue weighted by Gasteiger charge is 2.22. The number of carbonyl (C=O) groups excluding carboxylic acids is 1. The number of ether oxygens (including phenoxy) is 1. The smallest absolute Gasteiger partial charge is 0.303 e. The lowest BCUT2D eigenvalue weighted by atomic mass is 10.1. The van der Waals surface area contributed by atoms with E-state index in [-0.39, 0.29) is 5.82 Å². The Labute approximate surface area is 156 Å². The van der Waals surface area contributed by atoms with Gasteiger partial charge in [0.1, 0.15) is 11.6 Å². The van der Waals surface area contributed by atoms with Crippen molar-refractivity contribution in [2.45, 2.75) is 13.1 Å². The van der Waals surface area contributed by atoms with Crippen LogP contribution in [0.15, 0.2) is 54.6 Å². The third kappa shape index (κ3) is 3.32. The number of hydrogen-bond donors (Lipinski definition) is 2. The van der Waals surface area contributed by atoms with E-state index in [1.807, 2.05) is 42.5 Å². The highest BCUT2D eigenvalue weighted by Crippen LogP contribution is 2.30. The van der Waals surface area contributed by atoms with Crippen LogP contribution in [0.4, 0.5) is 5.82 Å². The first kappa shape index (κ1) is 17.0. The van der Waals surface area contributed by atoms with E-state index in [0.717, 1.165) is 24.4 Å². The van der Waals surface area contributed by atoms with E-state index >= 15 is 0 Å². The van der Waals surface area contributed by atoms with Gasteiger partial charge in [-0.1, -0.05) is 24.3 Å². The van der Waals surface area contributed by atoms with Crippen LogP contribution < -0.4 is 20.9 Å². The molecule has 2 aromatic carbocycles. The SMILES string of the molecule is COc1ccc(-c2cc(N3Cc4ccccc4C3)nc(C(=O)NN)n2)cc1. The summed E-state index contributed by atoms with van der Waals surface area (Å²) in [5.74, 6) is 6.25. The van der Waals surface area contributed by atoms with Crippen LogP contribution in [0.2, 0.25) is 0 Å². The summed E-state index contributed by atoms with van der Waals surface area (Å²) in [7, 11) is 1.62. The van der Waals surface area contributed by atoms with Crippen molar-refractivity contribution in [1.29, 1.82) is 0 Å². The van der Waals surface area contributed by atoms with Crippen LogP contribution in [0.5, 0.6) is 5.75 Å². The number of rotatable bonds is 4. The molecule has 7 nitrogen and oxygen atoms in total. The molecule has 3 aromatic rings. The predicted molar refractivity (Wildman–Crippen MR) is 102 cm³/mol. The number of methoxy groups -OCH3 is 1. The average molecular weight is 361 g/mol.